The monoisotopic (exact) mass is 345 g/mol. The van der Waals surface area contributed by atoms with Gasteiger partial charge >= 0.3 is 0 Å². The summed E-state index contributed by atoms with van der Waals surface area (Å²) in [4.78, 5) is 0. The number of rotatable bonds is 3. The zero-order valence-corrected chi connectivity index (χ0v) is 11.8. The molecule has 0 spiro atoms. The van der Waals surface area contributed by atoms with E-state index in [1.165, 1.54) is 16.9 Å². The predicted molar refractivity (Wildman–Crippen MR) is 76.1 cm³/mol. The number of halogens is 1. The van der Waals surface area contributed by atoms with E-state index in [1.807, 2.05) is 18.2 Å². The number of hydrogen-bond donors (Lipinski definition) is 1. The summed E-state index contributed by atoms with van der Waals surface area (Å²) in [5.41, 5.74) is 6.80. The highest BCUT2D eigenvalue weighted by atomic mass is 127. The fourth-order valence-corrected chi connectivity index (χ4v) is 3.36. The van der Waals surface area contributed by atoms with Gasteiger partial charge in [-0.25, -0.2) is 0 Å². The molecule has 0 saturated heterocycles. The molecule has 84 valence electrons. The van der Waals surface area contributed by atoms with Crippen molar-refractivity contribution in [2.24, 2.45) is 0 Å². The summed E-state index contributed by atoms with van der Waals surface area (Å²) in [7, 11) is 0. The Bertz CT molecular complexity index is 471. The fourth-order valence-electron chi connectivity index (χ4n) is 1.52. The first kappa shape index (κ1) is 11.8. The van der Waals surface area contributed by atoms with Gasteiger partial charge in [-0.1, -0.05) is 64.3 Å². The number of nitrogen functional groups attached to an aromatic ring is 1. The number of alkyl halides is 1. The predicted octanol–water partition coefficient (Wildman–Crippen LogP) is 2.86. The van der Waals surface area contributed by atoms with E-state index in [2.05, 4.69) is 51.8 Å². The molecule has 5 heteroatoms. The van der Waals surface area contributed by atoms with Gasteiger partial charge in [0.15, 0.2) is 0 Å². The third-order valence-electron chi connectivity index (χ3n) is 2.59. The molecule has 1 atom stereocenters. The van der Waals surface area contributed by atoms with Gasteiger partial charge in [0.1, 0.15) is 5.01 Å². The molecule has 3 nitrogen and oxygen atoms in total. The third-order valence-corrected chi connectivity index (χ3v) is 5.13. The highest BCUT2D eigenvalue weighted by molar-refractivity contribution is 14.1. The summed E-state index contributed by atoms with van der Waals surface area (Å²) in [5, 5.41) is 9.58. The van der Waals surface area contributed by atoms with Crippen LogP contribution in [0.15, 0.2) is 30.3 Å². The second kappa shape index (κ2) is 4.67. The molecule has 0 fully saturated rings. The normalized spacial score (nSPS) is 14.6. The third kappa shape index (κ3) is 2.06. The van der Waals surface area contributed by atoms with Crippen molar-refractivity contribution in [3.8, 4) is 0 Å². The molecule has 16 heavy (non-hydrogen) atoms. The highest BCUT2D eigenvalue weighted by Crippen LogP contribution is 2.35. The molecule has 0 saturated carbocycles. The van der Waals surface area contributed by atoms with Crippen LogP contribution in [-0.4, -0.2) is 14.6 Å². The molecule has 2 N–H and O–H groups in total. The number of anilines is 1. The van der Waals surface area contributed by atoms with Crippen LogP contribution in [0.3, 0.4) is 0 Å². The zero-order chi connectivity index (χ0) is 11.6. The van der Waals surface area contributed by atoms with Crippen LogP contribution in [0.2, 0.25) is 0 Å². The van der Waals surface area contributed by atoms with E-state index in [4.69, 9.17) is 5.73 Å². The molecule has 0 bridgehead atoms. The van der Waals surface area contributed by atoms with Crippen LogP contribution in [0.4, 0.5) is 5.13 Å². The van der Waals surface area contributed by atoms with Crippen LogP contribution in [0, 0.1) is 0 Å². The van der Waals surface area contributed by atoms with Gasteiger partial charge in [0.25, 0.3) is 0 Å². The minimum absolute atomic E-state index is 0.100. The second-order valence-electron chi connectivity index (χ2n) is 3.78. The Labute approximate surface area is 112 Å². The van der Waals surface area contributed by atoms with E-state index in [0.717, 1.165) is 9.44 Å². The molecule has 0 radical (unpaired) electrons. The Hall–Kier alpha value is -0.690. The van der Waals surface area contributed by atoms with Crippen molar-refractivity contribution in [3.05, 3.63) is 40.9 Å². The van der Waals surface area contributed by atoms with Crippen molar-refractivity contribution in [1.82, 2.24) is 10.2 Å². The van der Waals surface area contributed by atoms with E-state index in [1.54, 1.807) is 0 Å². The number of aromatic nitrogens is 2. The van der Waals surface area contributed by atoms with Crippen LogP contribution in [0.25, 0.3) is 0 Å². The number of nitrogens with zero attached hydrogens (tertiary/aromatic N) is 2. The Balaban J connectivity index is 2.48. The van der Waals surface area contributed by atoms with Crippen molar-refractivity contribution in [2.75, 3.05) is 10.2 Å². The van der Waals surface area contributed by atoms with Crippen molar-refractivity contribution in [3.63, 3.8) is 0 Å². The minimum atomic E-state index is -0.100. The van der Waals surface area contributed by atoms with Crippen molar-refractivity contribution in [2.45, 2.75) is 12.3 Å². The molecular weight excluding hydrogens is 333 g/mol. The lowest BCUT2D eigenvalue weighted by Crippen LogP contribution is -2.25. The quantitative estimate of drug-likeness (QED) is 0.688. The van der Waals surface area contributed by atoms with Crippen LogP contribution in [-0.2, 0) is 5.41 Å². The SMILES string of the molecule is CC(CI)(c1ccccc1)c1nnc(N)s1. The summed E-state index contributed by atoms with van der Waals surface area (Å²) >= 11 is 3.85. The van der Waals surface area contributed by atoms with Crippen LogP contribution < -0.4 is 5.73 Å². The van der Waals surface area contributed by atoms with Gasteiger partial charge in [-0.2, -0.15) is 0 Å². The first-order chi connectivity index (χ1) is 7.66. The van der Waals surface area contributed by atoms with E-state index in [0.29, 0.717) is 5.13 Å². The molecule has 1 aromatic carbocycles. The van der Waals surface area contributed by atoms with Gasteiger partial charge in [0, 0.05) is 4.43 Å². The Morgan fingerprint density at radius 2 is 2.00 bits per heavy atom. The maximum absolute atomic E-state index is 5.65. The van der Waals surface area contributed by atoms with Gasteiger partial charge in [-0.3, -0.25) is 0 Å². The van der Waals surface area contributed by atoms with Crippen molar-refractivity contribution >= 4 is 39.1 Å². The molecule has 2 rings (SSSR count). The van der Waals surface area contributed by atoms with Gasteiger partial charge < -0.3 is 5.73 Å². The Morgan fingerprint density at radius 3 is 2.50 bits per heavy atom. The summed E-state index contributed by atoms with van der Waals surface area (Å²) < 4.78 is 0.948. The van der Waals surface area contributed by atoms with E-state index in [-0.39, 0.29) is 5.41 Å². The van der Waals surface area contributed by atoms with Crippen LogP contribution in [0.5, 0.6) is 0 Å². The van der Waals surface area contributed by atoms with Crippen molar-refractivity contribution < 1.29 is 0 Å². The summed E-state index contributed by atoms with van der Waals surface area (Å²) in [6.45, 7) is 2.18. The van der Waals surface area contributed by atoms with Gasteiger partial charge in [-0.15, -0.1) is 10.2 Å². The average molecular weight is 345 g/mol. The molecule has 1 heterocycles. The maximum atomic E-state index is 5.65. The van der Waals surface area contributed by atoms with E-state index in [9.17, 15) is 0 Å². The first-order valence-electron chi connectivity index (χ1n) is 4.88. The molecule has 1 unspecified atom stereocenters. The fraction of sp³-hybridized carbons (Fsp3) is 0.273. The number of nitrogens with two attached hydrogens (primary N) is 1. The van der Waals surface area contributed by atoms with Gasteiger partial charge in [-0.05, 0) is 12.5 Å². The maximum Gasteiger partial charge on any atom is 0.203 e. The number of hydrogen-bond acceptors (Lipinski definition) is 4. The van der Waals surface area contributed by atoms with E-state index >= 15 is 0 Å². The molecule has 0 aliphatic rings. The zero-order valence-electron chi connectivity index (χ0n) is 8.85. The first-order valence-corrected chi connectivity index (χ1v) is 7.22. The highest BCUT2D eigenvalue weighted by Gasteiger charge is 2.31. The molecular formula is C11H12IN3S. The molecule has 2 aromatic rings. The summed E-state index contributed by atoms with van der Waals surface area (Å²) in [6.07, 6.45) is 0. The topological polar surface area (TPSA) is 51.8 Å². The van der Waals surface area contributed by atoms with Gasteiger partial charge in [0.2, 0.25) is 5.13 Å². The molecule has 0 aliphatic heterocycles. The average Bonchev–Trinajstić information content (AvgIpc) is 2.76. The van der Waals surface area contributed by atoms with E-state index < -0.39 is 0 Å². The molecule has 1 aromatic heterocycles. The lowest BCUT2D eigenvalue weighted by Gasteiger charge is -2.24. The smallest absolute Gasteiger partial charge is 0.203 e. The van der Waals surface area contributed by atoms with Crippen molar-refractivity contribution in [1.29, 1.82) is 0 Å². The lowest BCUT2D eigenvalue weighted by molar-refractivity contribution is 0.647. The Kier molecular flexibility index (Phi) is 3.44. The summed E-state index contributed by atoms with van der Waals surface area (Å²) in [6, 6.07) is 10.4. The summed E-state index contributed by atoms with van der Waals surface area (Å²) in [5.74, 6) is 0. The Morgan fingerprint density at radius 1 is 1.31 bits per heavy atom. The second-order valence-corrected chi connectivity index (χ2v) is 5.55. The molecule has 0 aliphatic carbocycles. The lowest BCUT2D eigenvalue weighted by atomic mass is 9.85. The minimum Gasteiger partial charge on any atom is -0.374 e. The standard InChI is InChI=1S/C11H12IN3S/c1-11(7-12,8-5-3-2-4-6-8)9-14-15-10(13)16-9/h2-6H,7H2,1H3,(H2,13,15). The van der Waals surface area contributed by atoms with Gasteiger partial charge in [0.05, 0.1) is 5.41 Å². The molecule has 0 amide bonds. The largest absolute Gasteiger partial charge is 0.374 e. The number of benzene rings is 1. The van der Waals surface area contributed by atoms with Crippen LogP contribution in [0.1, 0.15) is 17.5 Å². The van der Waals surface area contributed by atoms with Crippen LogP contribution >= 0.6 is 33.9 Å².